The van der Waals surface area contributed by atoms with Gasteiger partial charge in [-0.25, -0.2) is 15.0 Å². The van der Waals surface area contributed by atoms with E-state index in [1.807, 2.05) is 35.7 Å². The van der Waals surface area contributed by atoms with Gasteiger partial charge in [0.05, 0.1) is 5.69 Å². The van der Waals surface area contributed by atoms with Crippen molar-refractivity contribution in [2.45, 2.75) is 0 Å². The second-order valence-corrected chi connectivity index (χ2v) is 4.61. The van der Waals surface area contributed by atoms with Crippen LogP contribution < -0.4 is 5.73 Å². The fraction of sp³-hybridized carbons (Fsp3) is 0. The Balaban J connectivity index is 1.97. The van der Waals surface area contributed by atoms with Gasteiger partial charge in [0.2, 0.25) is 0 Å². The highest BCUT2D eigenvalue weighted by atomic mass is 32.1. The lowest BCUT2D eigenvalue weighted by Crippen LogP contribution is -1.85. The summed E-state index contributed by atoms with van der Waals surface area (Å²) in [7, 11) is 0. The average Bonchev–Trinajstić information content (AvgIpc) is 2.90. The molecule has 2 aromatic heterocycles. The second-order valence-electron chi connectivity index (χ2n) is 3.75. The highest BCUT2D eigenvalue weighted by molar-refractivity contribution is 7.13. The van der Waals surface area contributed by atoms with Crippen LogP contribution in [0.4, 0.5) is 5.69 Å². The van der Waals surface area contributed by atoms with Crippen LogP contribution in [0.25, 0.3) is 22.0 Å². The zero-order chi connectivity index (χ0) is 12.4. The fourth-order valence-electron chi connectivity index (χ4n) is 1.60. The highest BCUT2D eigenvalue weighted by Gasteiger charge is 2.07. The van der Waals surface area contributed by atoms with Crippen molar-refractivity contribution in [3.63, 3.8) is 0 Å². The van der Waals surface area contributed by atoms with Gasteiger partial charge in [-0.15, -0.1) is 11.3 Å². The van der Waals surface area contributed by atoms with E-state index in [1.165, 1.54) is 6.33 Å². The first-order chi connectivity index (χ1) is 8.83. The van der Waals surface area contributed by atoms with Crippen molar-refractivity contribution >= 4 is 17.0 Å². The first-order valence-electron chi connectivity index (χ1n) is 5.41. The molecule has 0 saturated heterocycles. The summed E-state index contributed by atoms with van der Waals surface area (Å²) in [5.41, 5.74) is 9.26. The number of thiazole rings is 1. The molecule has 0 atom stereocenters. The van der Waals surface area contributed by atoms with Crippen molar-refractivity contribution in [2.75, 3.05) is 5.73 Å². The molecule has 0 amide bonds. The van der Waals surface area contributed by atoms with Crippen LogP contribution in [0.3, 0.4) is 0 Å². The van der Waals surface area contributed by atoms with Crippen LogP contribution in [0.5, 0.6) is 0 Å². The summed E-state index contributed by atoms with van der Waals surface area (Å²) in [4.78, 5) is 12.7. The molecule has 0 radical (unpaired) electrons. The third-order valence-electron chi connectivity index (χ3n) is 2.51. The van der Waals surface area contributed by atoms with Crippen LogP contribution in [0.15, 0.2) is 48.2 Å². The van der Waals surface area contributed by atoms with E-state index in [9.17, 15) is 0 Å². The molecule has 3 rings (SSSR count). The summed E-state index contributed by atoms with van der Waals surface area (Å²) in [6.07, 6.45) is 3.24. The number of hydrogen-bond donors (Lipinski definition) is 1. The molecule has 88 valence electrons. The maximum absolute atomic E-state index is 5.67. The van der Waals surface area contributed by atoms with Crippen molar-refractivity contribution in [1.29, 1.82) is 0 Å². The van der Waals surface area contributed by atoms with E-state index in [0.29, 0.717) is 0 Å². The van der Waals surface area contributed by atoms with Crippen molar-refractivity contribution in [2.24, 2.45) is 0 Å². The van der Waals surface area contributed by atoms with Crippen molar-refractivity contribution < 1.29 is 0 Å². The number of aromatic nitrogens is 3. The van der Waals surface area contributed by atoms with Gasteiger partial charge < -0.3 is 5.73 Å². The van der Waals surface area contributed by atoms with Crippen molar-refractivity contribution in [1.82, 2.24) is 15.0 Å². The molecule has 0 aliphatic carbocycles. The first-order valence-corrected chi connectivity index (χ1v) is 6.29. The standard InChI is InChI=1S/C13H10N4S/c14-10-3-1-9(2-4-10)12-7-18-13(17-12)11-5-6-15-8-16-11/h1-8H,14H2. The van der Waals surface area contributed by atoms with Crippen LogP contribution in [0, 0.1) is 0 Å². The summed E-state index contributed by atoms with van der Waals surface area (Å²) in [5, 5.41) is 2.91. The number of benzene rings is 1. The van der Waals surface area contributed by atoms with Gasteiger partial charge in [0, 0.05) is 22.8 Å². The SMILES string of the molecule is Nc1ccc(-c2csc(-c3ccncn3)n2)cc1. The van der Waals surface area contributed by atoms with E-state index in [2.05, 4.69) is 15.0 Å². The topological polar surface area (TPSA) is 64.7 Å². The summed E-state index contributed by atoms with van der Waals surface area (Å²) in [5.74, 6) is 0. The predicted octanol–water partition coefficient (Wildman–Crippen LogP) is 2.85. The Kier molecular flexibility index (Phi) is 2.74. The molecule has 0 spiro atoms. The molecule has 0 aliphatic heterocycles. The van der Waals surface area contributed by atoms with Crippen LogP contribution in [0.2, 0.25) is 0 Å². The smallest absolute Gasteiger partial charge is 0.142 e. The Hall–Kier alpha value is -2.27. The first kappa shape index (κ1) is 10.9. The minimum absolute atomic E-state index is 0.755. The molecule has 3 aromatic rings. The predicted molar refractivity (Wildman–Crippen MR) is 73.0 cm³/mol. The Labute approximate surface area is 108 Å². The van der Waals surface area contributed by atoms with Crippen LogP contribution in [-0.4, -0.2) is 15.0 Å². The average molecular weight is 254 g/mol. The molecule has 0 saturated carbocycles. The van der Waals surface area contributed by atoms with Gasteiger partial charge in [-0.3, -0.25) is 0 Å². The van der Waals surface area contributed by atoms with E-state index in [4.69, 9.17) is 5.73 Å². The number of nitrogens with two attached hydrogens (primary N) is 1. The molecule has 1 aromatic carbocycles. The maximum Gasteiger partial charge on any atom is 0.142 e. The molecule has 5 heteroatoms. The number of rotatable bonds is 2. The molecule has 4 nitrogen and oxygen atoms in total. The van der Waals surface area contributed by atoms with E-state index >= 15 is 0 Å². The second kappa shape index (κ2) is 4.54. The minimum atomic E-state index is 0.755. The van der Waals surface area contributed by atoms with Gasteiger partial charge in [0.25, 0.3) is 0 Å². The monoisotopic (exact) mass is 254 g/mol. The summed E-state index contributed by atoms with van der Waals surface area (Å²) < 4.78 is 0. The zero-order valence-electron chi connectivity index (χ0n) is 9.45. The normalized spacial score (nSPS) is 10.4. The molecule has 0 bridgehead atoms. The van der Waals surface area contributed by atoms with Crippen LogP contribution in [-0.2, 0) is 0 Å². The number of nitrogens with zero attached hydrogens (tertiary/aromatic N) is 3. The van der Waals surface area contributed by atoms with Gasteiger partial charge in [-0.05, 0) is 18.2 Å². The Morgan fingerprint density at radius 1 is 1.00 bits per heavy atom. The molecular weight excluding hydrogens is 244 g/mol. The lowest BCUT2D eigenvalue weighted by Gasteiger charge is -1.97. The number of hydrogen-bond acceptors (Lipinski definition) is 5. The van der Waals surface area contributed by atoms with Gasteiger partial charge in [0.1, 0.15) is 17.0 Å². The number of anilines is 1. The summed E-state index contributed by atoms with van der Waals surface area (Å²) in [6.45, 7) is 0. The third kappa shape index (κ3) is 2.08. The molecular formula is C13H10N4S. The largest absolute Gasteiger partial charge is 0.399 e. The number of nitrogen functional groups attached to an aromatic ring is 1. The quantitative estimate of drug-likeness (QED) is 0.714. The Bertz CT molecular complexity index is 646. The van der Waals surface area contributed by atoms with E-state index in [-0.39, 0.29) is 0 Å². The van der Waals surface area contributed by atoms with E-state index in [0.717, 1.165) is 27.6 Å². The van der Waals surface area contributed by atoms with Crippen molar-refractivity contribution in [3.8, 4) is 22.0 Å². The van der Waals surface area contributed by atoms with Crippen LogP contribution >= 0.6 is 11.3 Å². The maximum atomic E-state index is 5.67. The lowest BCUT2D eigenvalue weighted by atomic mass is 10.1. The fourth-order valence-corrected chi connectivity index (χ4v) is 2.40. The summed E-state index contributed by atoms with van der Waals surface area (Å²) >= 11 is 1.57. The third-order valence-corrected chi connectivity index (χ3v) is 3.38. The molecule has 0 aliphatic rings. The molecule has 18 heavy (non-hydrogen) atoms. The minimum Gasteiger partial charge on any atom is -0.399 e. The zero-order valence-corrected chi connectivity index (χ0v) is 10.3. The highest BCUT2D eigenvalue weighted by Crippen LogP contribution is 2.27. The van der Waals surface area contributed by atoms with Gasteiger partial charge in [-0.1, -0.05) is 12.1 Å². The van der Waals surface area contributed by atoms with Gasteiger partial charge in [-0.2, -0.15) is 0 Å². The molecule has 2 heterocycles. The summed E-state index contributed by atoms with van der Waals surface area (Å²) in [6, 6.07) is 9.53. The van der Waals surface area contributed by atoms with Crippen LogP contribution in [0.1, 0.15) is 0 Å². The van der Waals surface area contributed by atoms with Gasteiger partial charge >= 0.3 is 0 Å². The Morgan fingerprint density at radius 3 is 2.56 bits per heavy atom. The van der Waals surface area contributed by atoms with E-state index < -0.39 is 0 Å². The van der Waals surface area contributed by atoms with E-state index in [1.54, 1.807) is 17.5 Å². The molecule has 2 N–H and O–H groups in total. The molecule has 0 unspecified atom stereocenters. The molecule has 0 fully saturated rings. The Morgan fingerprint density at radius 2 is 1.83 bits per heavy atom. The lowest BCUT2D eigenvalue weighted by molar-refractivity contribution is 1.16. The van der Waals surface area contributed by atoms with Crippen molar-refractivity contribution in [3.05, 3.63) is 48.2 Å². The van der Waals surface area contributed by atoms with Gasteiger partial charge in [0.15, 0.2) is 0 Å².